The van der Waals surface area contributed by atoms with Crippen molar-refractivity contribution in [2.24, 2.45) is 11.7 Å². The van der Waals surface area contributed by atoms with Crippen molar-refractivity contribution in [3.63, 3.8) is 0 Å². The van der Waals surface area contributed by atoms with Gasteiger partial charge in [0.2, 0.25) is 5.91 Å². The number of carbonyl (C=O) groups excluding carboxylic acids is 1. The van der Waals surface area contributed by atoms with Gasteiger partial charge in [0.15, 0.2) is 0 Å². The Morgan fingerprint density at radius 1 is 0.968 bits per heavy atom. The summed E-state index contributed by atoms with van der Waals surface area (Å²) in [5.74, 6) is 2.68. The molecule has 0 radical (unpaired) electrons. The molecule has 3 aliphatic rings. The molecule has 31 heavy (non-hydrogen) atoms. The molecule has 2 heterocycles. The molecule has 1 aromatic carbocycles. The predicted octanol–water partition coefficient (Wildman–Crippen LogP) is 3.88. The number of piperazine rings is 1. The minimum atomic E-state index is -0.297. The molecule has 1 aliphatic carbocycles. The molecule has 2 saturated heterocycles. The highest BCUT2D eigenvalue weighted by Gasteiger charge is 2.31. The summed E-state index contributed by atoms with van der Waals surface area (Å²) >= 11 is 1.83. The first kappa shape index (κ1) is 28.7. The maximum Gasteiger partial charge on any atom is 0.240 e. The third-order valence-corrected chi connectivity index (χ3v) is 7.70. The van der Waals surface area contributed by atoms with Crippen molar-refractivity contribution in [1.82, 2.24) is 9.80 Å². The van der Waals surface area contributed by atoms with Crippen molar-refractivity contribution < 1.29 is 4.79 Å². The topological polar surface area (TPSA) is 52.8 Å². The van der Waals surface area contributed by atoms with Crippen LogP contribution in [0, 0.1) is 5.92 Å². The third-order valence-electron chi connectivity index (χ3n) is 6.74. The van der Waals surface area contributed by atoms with Crippen LogP contribution in [0.15, 0.2) is 30.3 Å². The fourth-order valence-corrected chi connectivity index (χ4v) is 5.97. The largest absolute Gasteiger partial charge is 0.369 e. The second kappa shape index (κ2) is 14.0. The summed E-state index contributed by atoms with van der Waals surface area (Å²) in [5.41, 5.74) is 7.61. The number of carbonyl (C=O) groups is 1. The quantitative estimate of drug-likeness (QED) is 0.650. The highest BCUT2D eigenvalue weighted by molar-refractivity contribution is 7.99. The van der Waals surface area contributed by atoms with Crippen LogP contribution in [0.1, 0.15) is 32.1 Å². The molecule has 5 nitrogen and oxygen atoms in total. The lowest BCUT2D eigenvalue weighted by Crippen LogP contribution is -2.51. The van der Waals surface area contributed by atoms with Crippen LogP contribution in [0.25, 0.3) is 0 Å². The van der Waals surface area contributed by atoms with Gasteiger partial charge in [0.25, 0.3) is 0 Å². The summed E-state index contributed by atoms with van der Waals surface area (Å²) < 4.78 is 0. The molecule has 1 atom stereocenters. The Hall–Kier alpha value is -0.370. The van der Waals surface area contributed by atoms with Gasteiger partial charge >= 0.3 is 0 Å². The van der Waals surface area contributed by atoms with Gasteiger partial charge in [-0.15, -0.1) is 49.0 Å². The number of nitrogens with two attached hydrogens (primary N) is 1. The van der Waals surface area contributed by atoms with Crippen LogP contribution in [0.4, 0.5) is 5.69 Å². The van der Waals surface area contributed by atoms with Crippen LogP contribution in [0.2, 0.25) is 0 Å². The second-order valence-electron chi connectivity index (χ2n) is 8.51. The number of para-hydroxylation sites is 1. The van der Waals surface area contributed by atoms with E-state index in [1.807, 2.05) is 16.7 Å². The Morgan fingerprint density at radius 3 is 2.19 bits per heavy atom. The van der Waals surface area contributed by atoms with Gasteiger partial charge in [0.05, 0.1) is 11.9 Å². The molecule has 1 unspecified atom stereocenters. The van der Waals surface area contributed by atoms with Crippen molar-refractivity contribution in [3.05, 3.63) is 30.3 Å². The first-order valence-electron chi connectivity index (χ1n) is 10.9. The molecule has 1 amide bonds. The number of rotatable bonds is 5. The molecule has 3 fully saturated rings. The summed E-state index contributed by atoms with van der Waals surface area (Å²) in [6, 6.07) is 11.2. The summed E-state index contributed by atoms with van der Waals surface area (Å²) in [6.45, 7) is 5.44. The van der Waals surface area contributed by atoms with Gasteiger partial charge in [-0.05, 0) is 50.2 Å². The average molecular weight is 512 g/mol. The van der Waals surface area contributed by atoms with Crippen LogP contribution in [0.5, 0.6) is 0 Å². The predicted molar refractivity (Wildman–Crippen MR) is 139 cm³/mol. The molecule has 0 aromatic heterocycles. The van der Waals surface area contributed by atoms with E-state index in [9.17, 15) is 4.79 Å². The lowest BCUT2D eigenvalue weighted by atomic mass is 9.81. The standard InChI is InChI=1S/C22H34N4OS.3ClH/c23-21(22(27)26-14-15-28-17-26)16-18-6-8-20(9-7-18)25-12-10-24(11-13-25)19-4-2-1-3-5-19;;;/h1-5,18,20-21H,6-17,23H2;3*1H. The highest BCUT2D eigenvalue weighted by atomic mass is 35.5. The molecule has 2 N–H and O–H groups in total. The number of thioether (sulfide) groups is 1. The van der Waals surface area contributed by atoms with E-state index in [1.165, 1.54) is 31.4 Å². The summed E-state index contributed by atoms with van der Waals surface area (Å²) in [7, 11) is 0. The number of hydrogen-bond acceptors (Lipinski definition) is 5. The summed E-state index contributed by atoms with van der Waals surface area (Å²) in [4.78, 5) is 19.6. The Kier molecular flexibility index (Phi) is 13.0. The Morgan fingerprint density at radius 2 is 1.61 bits per heavy atom. The number of halogens is 3. The zero-order chi connectivity index (χ0) is 19.3. The molecule has 0 bridgehead atoms. The van der Waals surface area contributed by atoms with Crippen LogP contribution < -0.4 is 10.6 Å². The molecular formula is C22H37Cl3N4OS. The van der Waals surface area contributed by atoms with E-state index in [-0.39, 0.29) is 49.2 Å². The van der Waals surface area contributed by atoms with Gasteiger partial charge in [0, 0.05) is 50.2 Å². The Balaban J connectivity index is 0.00000160. The van der Waals surface area contributed by atoms with Crippen molar-refractivity contribution in [1.29, 1.82) is 0 Å². The van der Waals surface area contributed by atoms with Crippen molar-refractivity contribution >= 4 is 60.6 Å². The van der Waals surface area contributed by atoms with E-state index in [1.54, 1.807) is 0 Å². The van der Waals surface area contributed by atoms with E-state index in [0.29, 0.717) is 5.92 Å². The van der Waals surface area contributed by atoms with E-state index >= 15 is 0 Å². The number of benzene rings is 1. The van der Waals surface area contributed by atoms with Gasteiger partial charge in [0.1, 0.15) is 0 Å². The molecule has 2 aliphatic heterocycles. The first-order valence-corrected chi connectivity index (χ1v) is 12.0. The molecule has 178 valence electrons. The van der Waals surface area contributed by atoms with Crippen molar-refractivity contribution in [2.75, 3.05) is 49.3 Å². The van der Waals surface area contributed by atoms with Crippen LogP contribution in [-0.4, -0.2) is 72.1 Å². The third kappa shape index (κ3) is 7.58. The molecule has 9 heteroatoms. The number of anilines is 1. The minimum absolute atomic E-state index is 0. The SMILES string of the molecule is Cl.Cl.Cl.NC(CC1CCC(N2CCN(c3ccccc3)CC2)CC1)C(=O)N1CCSC1. The number of amides is 1. The van der Waals surface area contributed by atoms with Gasteiger partial charge < -0.3 is 15.5 Å². The molecule has 0 spiro atoms. The normalized spacial score (nSPS) is 25.1. The molecule has 4 rings (SSSR count). The van der Waals surface area contributed by atoms with Gasteiger partial charge in [-0.3, -0.25) is 9.69 Å². The lowest BCUT2D eigenvalue weighted by Gasteiger charge is -2.43. The minimum Gasteiger partial charge on any atom is -0.369 e. The fourth-order valence-electron chi connectivity index (χ4n) is 5.01. The van der Waals surface area contributed by atoms with E-state index < -0.39 is 0 Å². The van der Waals surface area contributed by atoms with E-state index in [2.05, 4.69) is 40.1 Å². The van der Waals surface area contributed by atoms with Gasteiger partial charge in [-0.2, -0.15) is 0 Å². The van der Waals surface area contributed by atoms with Gasteiger partial charge in [-0.25, -0.2) is 0 Å². The molecule has 1 aromatic rings. The highest BCUT2D eigenvalue weighted by Crippen LogP contribution is 2.31. The van der Waals surface area contributed by atoms with E-state index in [4.69, 9.17) is 5.73 Å². The first-order chi connectivity index (χ1) is 13.7. The maximum absolute atomic E-state index is 12.5. The fraction of sp³-hybridized carbons (Fsp3) is 0.682. The second-order valence-corrected chi connectivity index (χ2v) is 9.59. The summed E-state index contributed by atoms with van der Waals surface area (Å²) in [5, 5.41) is 0. The van der Waals surface area contributed by atoms with Crippen LogP contribution >= 0.6 is 49.0 Å². The average Bonchev–Trinajstić information content (AvgIpc) is 3.29. The lowest BCUT2D eigenvalue weighted by molar-refractivity contribution is -0.131. The smallest absolute Gasteiger partial charge is 0.240 e. The number of hydrogen-bond donors (Lipinski definition) is 1. The van der Waals surface area contributed by atoms with Crippen molar-refractivity contribution in [3.8, 4) is 0 Å². The molecular weight excluding hydrogens is 475 g/mol. The van der Waals surface area contributed by atoms with Gasteiger partial charge in [-0.1, -0.05) is 18.2 Å². The zero-order valence-electron chi connectivity index (χ0n) is 18.1. The van der Waals surface area contributed by atoms with Crippen molar-refractivity contribution in [2.45, 2.75) is 44.2 Å². The van der Waals surface area contributed by atoms with Crippen LogP contribution in [0.3, 0.4) is 0 Å². The Labute approximate surface area is 210 Å². The van der Waals surface area contributed by atoms with E-state index in [0.717, 1.165) is 56.8 Å². The zero-order valence-corrected chi connectivity index (χ0v) is 21.3. The molecule has 1 saturated carbocycles. The monoisotopic (exact) mass is 510 g/mol. The number of nitrogens with zero attached hydrogens (tertiary/aromatic N) is 3. The maximum atomic E-state index is 12.5. The van der Waals surface area contributed by atoms with Crippen LogP contribution in [-0.2, 0) is 4.79 Å². The Bertz CT molecular complexity index is 635. The summed E-state index contributed by atoms with van der Waals surface area (Å²) in [6.07, 6.45) is 5.83.